The van der Waals surface area contributed by atoms with Gasteiger partial charge in [-0.1, -0.05) is 12.8 Å². The van der Waals surface area contributed by atoms with E-state index in [-0.39, 0.29) is 5.56 Å². The first-order valence-corrected chi connectivity index (χ1v) is 6.98. The van der Waals surface area contributed by atoms with Gasteiger partial charge in [0, 0.05) is 15.7 Å². The Morgan fingerprint density at radius 3 is 2.42 bits per heavy atom. The lowest BCUT2D eigenvalue weighted by atomic mass is 10.1. The Labute approximate surface area is 114 Å². The number of amidine groups is 1. The Hall–Kier alpha value is -1.17. The monoisotopic (exact) mass is 288 g/mol. The first-order valence-electron chi connectivity index (χ1n) is 6.10. The second-order valence-electron chi connectivity index (χ2n) is 4.64. The fourth-order valence-electron chi connectivity index (χ4n) is 2.27. The Bertz CT molecular complexity index is 479. The van der Waals surface area contributed by atoms with Gasteiger partial charge in [-0.3, -0.25) is 5.41 Å². The van der Waals surface area contributed by atoms with Crippen LogP contribution in [-0.4, -0.2) is 11.1 Å². The molecular formula is C13H15F3N2S. The minimum atomic E-state index is -4.47. The van der Waals surface area contributed by atoms with Gasteiger partial charge in [-0.15, -0.1) is 11.8 Å². The van der Waals surface area contributed by atoms with Crippen molar-refractivity contribution in [1.82, 2.24) is 0 Å². The highest BCUT2D eigenvalue weighted by Crippen LogP contribution is 2.38. The van der Waals surface area contributed by atoms with Gasteiger partial charge in [-0.25, -0.2) is 0 Å². The van der Waals surface area contributed by atoms with Crippen LogP contribution in [0, 0.1) is 5.41 Å². The standard InChI is InChI=1S/C13H15F3N2S/c14-13(15,16)11-6-5-9(7-10(11)12(17)18)19-8-3-1-2-4-8/h5-8H,1-4H2,(H3,17,18). The quantitative estimate of drug-likeness (QED) is 0.652. The smallest absolute Gasteiger partial charge is 0.384 e. The predicted molar refractivity (Wildman–Crippen MR) is 70.6 cm³/mol. The molecule has 2 rings (SSSR count). The molecule has 19 heavy (non-hydrogen) atoms. The number of hydrogen-bond acceptors (Lipinski definition) is 2. The third kappa shape index (κ3) is 3.43. The molecule has 0 heterocycles. The maximum Gasteiger partial charge on any atom is 0.417 e. The van der Waals surface area contributed by atoms with Gasteiger partial charge in [0.2, 0.25) is 0 Å². The average molecular weight is 288 g/mol. The lowest BCUT2D eigenvalue weighted by Gasteiger charge is -2.15. The first kappa shape index (κ1) is 14.2. The predicted octanol–water partition coefficient (Wildman–Crippen LogP) is 4.02. The Morgan fingerprint density at radius 2 is 1.89 bits per heavy atom. The van der Waals surface area contributed by atoms with Crippen molar-refractivity contribution < 1.29 is 13.2 Å². The number of benzene rings is 1. The fraction of sp³-hybridized carbons (Fsp3) is 0.462. The highest BCUT2D eigenvalue weighted by molar-refractivity contribution is 8.00. The lowest BCUT2D eigenvalue weighted by Crippen LogP contribution is -2.19. The van der Waals surface area contributed by atoms with E-state index in [1.807, 2.05) is 0 Å². The summed E-state index contributed by atoms with van der Waals surface area (Å²) < 4.78 is 38.4. The van der Waals surface area contributed by atoms with Gasteiger partial charge in [0.1, 0.15) is 5.84 Å². The normalized spacial score (nSPS) is 16.8. The van der Waals surface area contributed by atoms with E-state index in [0.717, 1.165) is 23.8 Å². The molecule has 0 atom stereocenters. The summed E-state index contributed by atoms with van der Waals surface area (Å²) in [5.41, 5.74) is 4.20. The van der Waals surface area contributed by atoms with E-state index < -0.39 is 17.6 Å². The van der Waals surface area contributed by atoms with Crippen LogP contribution in [0.5, 0.6) is 0 Å². The van der Waals surface area contributed by atoms with Crippen LogP contribution in [0.4, 0.5) is 13.2 Å². The van der Waals surface area contributed by atoms with Crippen molar-refractivity contribution >= 4 is 17.6 Å². The lowest BCUT2D eigenvalue weighted by molar-refractivity contribution is -0.137. The number of rotatable bonds is 3. The van der Waals surface area contributed by atoms with E-state index in [4.69, 9.17) is 11.1 Å². The molecule has 1 fully saturated rings. The zero-order chi connectivity index (χ0) is 14.0. The minimum absolute atomic E-state index is 0.226. The van der Waals surface area contributed by atoms with Crippen LogP contribution in [0.15, 0.2) is 23.1 Å². The van der Waals surface area contributed by atoms with Crippen LogP contribution in [0.1, 0.15) is 36.8 Å². The zero-order valence-corrected chi connectivity index (χ0v) is 11.1. The molecule has 1 aromatic carbocycles. The average Bonchev–Trinajstić information content (AvgIpc) is 2.80. The summed E-state index contributed by atoms with van der Waals surface area (Å²) in [6.45, 7) is 0. The summed E-state index contributed by atoms with van der Waals surface area (Å²) in [7, 11) is 0. The number of nitrogen functional groups attached to an aromatic ring is 1. The molecule has 2 nitrogen and oxygen atoms in total. The summed E-state index contributed by atoms with van der Waals surface area (Å²) in [6, 6.07) is 3.88. The maximum atomic E-state index is 12.8. The van der Waals surface area contributed by atoms with E-state index in [0.29, 0.717) is 5.25 Å². The number of nitrogens with two attached hydrogens (primary N) is 1. The van der Waals surface area contributed by atoms with Crippen molar-refractivity contribution in [2.75, 3.05) is 0 Å². The van der Waals surface area contributed by atoms with Crippen molar-refractivity contribution in [2.24, 2.45) is 5.73 Å². The molecular weight excluding hydrogens is 273 g/mol. The van der Waals surface area contributed by atoms with E-state index in [9.17, 15) is 13.2 Å². The fourth-order valence-corrected chi connectivity index (χ4v) is 3.55. The van der Waals surface area contributed by atoms with E-state index >= 15 is 0 Å². The SMILES string of the molecule is N=C(N)c1cc(SC2CCCC2)ccc1C(F)(F)F. The van der Waals surface area contributed by atoms with Gasteiger partial charge in [-0.2, -0.15) is 13.2 Å². The molecule has 1 aliphatic rings. The highest BCUT2D eigenvalue weighted by Gasteiger charge is 2.34. The summed E-state index contributed by atoms with van der Waals surface area (Å²) >= 11 is 1.58. The topological polar surface area (TPSA) is 49.9 Å². The number of halogens is 3. The third-order valence-electron chi connectivity index (χ3n) is 3.19. The Balaban J connectivity index is 2.28. The largest absolute Gasteiger partial charge is 0.417 e. The molecule has 0 bridgehead atoms. The molecule has 104 valence electrons. The summed E-state index contributed by atoms with van der Waals surface area (Å²) in [5.74, 6) is -0.541. The van der Waals surface area contributed by atoms with Gasteiger partial charge in [0.05, 0.1) is 5.56 Å². The van der Waals surface area contributed by atoms with Gasteiger partial charge in [0.15, 0.2) is 0 Å². The van der Waals surface area contributed by atoms with Crippen LogP contribution >= 0.6 is 11.8 Å². The molecule has 1 aromatic rings. The van der Waals surface area contributed by atoms with Crippen molar-refractivity contribution in [2.45, 2.75) is 42.0 Å². The first-order chi connectivity index (χ1) is 8.88. The van der Waals surface area contributed by atoms with Crippen molar-refractivity contribution in [3.05, 3.63) is 29.3 Å². The number of alkyl halides is 3. The molecule has 0 aliphatic heterocycles. The van der Waals surface area contributed by atoms with Crippen molar-refractivity contribution in [3.8, 4) is 0 Å². The molecule has 1 aliphatic carbocycles. The van der Waals surface area contributed by atoms with Crippen LogP contribution in [0.2, 0.25) is 0 Å². The molecule has 0 spiro atoms. The highest BCUT2D eigenvalue weighted by atomic mass is 32.2. The number of nitrogens with one attached hydrogen (secondary N) is 1. The molecule has 0 radical (unpaired) electrons. The van der Waals surface area contributed by atoms with E-state index in [1.54, 1.807) is 11.8 Å². The van der Waals surface area contributed by atoms with Gasteiger partial charge in [0.25, 0.3) is 0 Å². The van der Waals surface area contributed by atoms with Crippen LogP contribution in [-0.2, 0) is 6.18 Å². The number of thioether (sulfide) groups is 1. The molecule has 6 heteroatoms. The van der Waals surface area contributed by atoms with Crippen molar-refractivity contribution in [1.29, 1.82) is 5.41 Å². The number of hydrogen-bond donors (Lipinski definition) is 2. The van der Waals surface area contributed by atoms with Crippen LogP contribution < -0.4 is 5.73 Å². The molecule has 1 saturated carbocycles. The molecule has 0 saturated heterocycles. The molecule has 0 amide bonds. The second-order valence-corrected chi connectivity index (χ2v) is 6.02. The van der Waals surface area contributed by atoms with Gasteiger partial charge in [-0.05, 0) is 31.0 Å². The van der Waals surface area contributed by atoms with E-state index in [1.165, 1.54) is 25.0 Å². The van der Waals surface area contributed by atoms with Gasteiger partial charge < -0.3 is 5.73 Å². The second kappa shape index (κ2) is 5.45. The summed E-state index contributed by atoms with van der Waals surface area (Å²) in [5, 5.41) is 7.77. The van der Waals surface area contributed by atoms with Gasteiger partial charge >= 0.3 is 6.18 Å². The Kier molecular flexibility index (Phi) is 4.08. The van der Waals surface area contributed by atoms with E-state index in [2.05, 4.69) is 0 Å². The summed E-state index contributed by atoms with van der Waals surface area (Å²) in [4.78, 5) is 0.755. The molecule has 0 unspecified atom stereocenters. The zero-order valence-electron chi connectivity index (χ0n) is 10.3. The molecule has 0 aromatic heterocycles. The summed E-state index contributed by atoms with van der Waals surface area (Å²) in [6.07, 6.45) is 0.0788. The maximum absolute atomic E-state index is 12.8. The van der Waals surface area contributed by atoms with Crippen LogP contribution in [0.3, 0.4) is 0 Å². The third-order valence-corrected chi connectivity index (χ3v) is 4.52. The van der Waals surface area contributed by atoms with Crippen LogP contribution in [0.25, 0.3) is 0 Å². The Morgan fingerprint density at radius 1 is 1.26 bits per heavy atom. The van der Waals surface area contributed by atoms with Crippen molar-refractivity contribution in [3.63, 3.8) is 0 Å². The molecule has 3 N–H and O–H groups in total. The minimum Gasteiger partial charge on any atom is -0.384 e.